The Hall–Kier alpha value is -1.44. The summed E-state index contributed by atoms with van der Waals surface area (Å²) in [6, 6.07) is 5.44. The summed E-state index contributed by atoms with van der Waals surface area (Å²) in [5.74, 6) is 5.48. The Labute approximate surface area is 128 Å². The lowest BCUT2D eigenvalue weighted by Gasteiger charge is -2.21. The number of hydrazine groups is 1. The van der Waals surface area contributed by atoms with Crippen molar-refractivity contribution in [1.82, 2.24) is 10.4 Å². The number of hydrogen-bond acceptors (Lipinski definition) is 3. The normalized spacial score (nSPS) is 13.2. The second-order valence-electron chi connectivity index (χ2n) is 4.57. The quantitative estimate of drug-likeness (QED) is 0.648. The molecule has 0 aliphatic carbocycles. The molecule has 0 radical (unpaired) electrons. The van der Waals surface area contributed by atoms with Gasteiger partial charge >= 0.3 is 6.18 Å². The topological polar surface area (TPSA) is 50.9 Å². The molecule has 21 heavy (non-hydrogen) atoms. The van der Waals surface area contributed by atoms with E-state index >= 15 is 0 Å². The molecule has 1 heterocycles. The summed E-state index contributed by atoms with van der Waals surface area (Å²) in [4.78, 5) is 3.79. The smallest absolute Gasteiger partial charge is 0.271 e. The third-order valence-electron chi connectivity index (χ3n) is 3.16. The van der Waals surface area contributed by atoms with Crippen LogP contribution in [0.4, 0.5) is 13.2 Å². The molecule has 0 amide bonds. The summed E-state index contributed by atoms with van der Waals surface area (Å²) in [6.45, 7) is 1.89. The fourth-order valence-corrected chi connectivity index (χ4v) is 2.45. The zero-order valence-corrected chi connectivity index (χ0v) is 12.7. The van der Waals surface area contributed by atoms with Crippen LogP contribution < -0.4 is 11.3 Å². The van der Waals surface area contributed by atoms with Gasteiger partial charge in [0.2, 0.25) is 0 Å². The largest absolute Gasteiger partial charge is 0.416 e. The molecule has 2 aromatic rings. The van der Waals surface area contributed by atoms with E-state index in [2.05, 4.69) is 26.3 Å². The van der Waals surface area contributed by atoms with Crippen molar-refractivity contribution in [2.45, 2.75) is 19.1 Å². The van der Waals surface area contributed by atoms with Gasteiger partial charge in [0.15, 0.2) is 0 Å². The van der Waals surface area contributed by atoms with Crippen LogP contribution >= 0.6 is 15.9 Å². The van der Waals surface area contributed by atoms with Gasteiger partial charge in [0.1, 0.15) is 0 Å². The van der Waals surface area contributed by atoms with Gasteiger partial charge in [-0.15, -0.1) is 0 Å². The van der Waals surface area contributed by atoms with Gasteiger partial charge in [-0.1, -0.05) is 28.1 Å². The molecule has 0 bridgehead atoms. The highest BCUT2D eigenvalue weighted by atomic mass is 79.9. The molecule has 112 valence electrons. The van der Waals surface area contributed by atoms with Crippen molar-refractivity contribution in [3.63, 3.8) is 0 Å². The molecule has 0 fully saturated rings. The second kappa shape index (κ2) is 6.13. The zero-order chi connectivity index (χ0) is 15.6. The van der Waals surface area contributed by atoms with Crippen molar-refractivity contribution >= 4 is 15.9 Å². The van der Waals surface area contributed by atoms with E-state index in [0.717, 1.165) is 22.3 Å². The second-order valence-corrected chi connectivity index (χ2v) is 5.42. The van der Waals surface area contributed by atoms with E-state index in [1.165, 1.54) is 6.20 Å². The maximum absolute atomic E-state index is 13.1. The number of aryl methyl sites for hydroxylation is 1. The number of rotatable bonds is 3. The van der Waals surface area contributed by atoms with Crippen molar-refractivity contribution in [2.75, 3.05) is 0 Å². The summed E-state index contributed by atoms with van der Waals surface area (Å²) in [7, 11) is 0. The molecule has 1 unspecified atom stereocenters. The van der Waals surface area contributed by atoms with Gasteiger partial charge < -0.3 is 0 Å². The van der Waals surface area contributed by atoms with Crippen molar-refractivity contribution in [2.24, 2.45) is 5.84 Å². The predicted octanol–water partition coefficient (Wildman–Crippen LogP) is 3.72. The summed E-state index contributed by atoms with van der Waals surface area (Å²) in [5, 5.41) is 0. The maximum Gasteiger partial charge on any atom is 0.416 e. The lowest BCUT2D eigenvalue weighted by Crippen LogP contribution is -2.30. The minimum Gasteiger partial charge on any atom is -0.271 e. The lowest BCUT2D eigenvalue weighted by atomic mass is 9.96. The minimum atomic E-state index is -4.46. The van der Waals surface area contributed by atoms with Crippen LogP contribution in [0.25, 0.3) is 0 Å². The van der Waals surface area contributed by atoms with Crippen molar-refractivity contribution in [1.29, 1.82) is 0 Å². The van der Waals surface area contributed by atoms with E-state index < -0.39 is 17.8 Å². The number of alkyl halides is 3. The Kier molecular flexibility index (Phi) is 4.65. The molecular formula is C14H13BrF3N3. The highest BCUT2D eigenvalue weighted by Crippen LogP contribution is 2.36. The van der Waals surface area contributed by atoms with Crippen LogP contribution in [0.3, 0.4) is 0 Å². The number of nitrogens with one attached hydrogen (secondary N) is 1. The molecule has 0 spiro atoms. The molecule has 1 aromatic carbocycles. The fourth-order valence-electron chi connectivity index (χ4n) is 2.05. The molecule has 0 aliphatic rings. The van der Waals surface area contributed by atoms with E-state index in [9.17, 15) is 13.2 Å². The molecule has 1 atom stereocenters. The Balaban J connectivity index is 2.54. The summed E-state index contributed by atoms with van der Waals surface area (Å²) >= 11 is 3.37. The van der Waals surface area contributed by atoms with Crippen LogP contribution in [0.1, 0.15) is 28.3 Å². The number of benzene rings is 1. The first-order chi connectivity index (χ1) is 9.84. The summed E-state index contributed by atoms with van der Waals surface area (Å²) in [6.07, 6.45) is -2.17. The third-order valence-corrected chi connectivity index (χ3v) is 4.02. The zero-order valence-electron chi connectivity index (χ0n) is 11.1. The minimum absolute atomic E-state index is 0.0109. The highest BCUT2D eigenvalue weighted by molar-refractivity contribution is 9.10. The number of nitrogens with zero attached hydrogens (tertiary/aromatic N) is 1. The first-order valence-corrected chi connectivity index (χ1v) is 6.87. The summed E-state index contributed by atoms with van der Waals surface area (Å²) < 4.78 is 40.1. The van der Waals surface area contributed by atoms with Crippen LogP contribution in [-0.4, -0.2) is 4.98 Å². The Morgan fingerprint density at radius 2 is 2.00 bits per heavy atom. The first-order valence-electron chi connectivity index (χ1n) is 6.08. The van der Waals surface area contributed by atoms with Gasteiger partial charge in [-0.3, -0.25) is 10.8 Å². The van der Waals surface area contributed by atoms with E-state index in [-0.39, 0.29) is 5.56 Å². The number of pyridine rings is 1. The first kappa shape index (κ1) is 15.9. The van der Waals surface area contributed by atoms with Gasteiger partial charge in [0.05, 0.1) is 11.6 Å². The van der Waals surface area contributed by atoms with Crippen LogP contribution in [-0.2, 0) is 6.18 Å². The predicted molar refractivity (Wildman–Crippen MR) is 77.3 cm³/mol. The number of hydrogen-bond donors (Lipinski definition) is 2. The Bertz CT molecular complexity index is 644. The highest BCUT2D eigenvalue weighted by Gasteiger charge is 2.35. The molecule has 3 nitrogen and oxygen atoms in total. The van der Waals surface area contributed by atoms with Crippen LogP contribution in [0.2, 0.25) is 0 Å². The fraction of sp³-hybridized carbons (Fsp3) is 0.214. The molecule has 2 rings (SSSR count). The average molecular weight is 360 g/mol. The Morgan fingerprint density at radius 1 is 1.29 bits per heavy atom. The molecule has 3 N–H and O–H groups in total. The average Bonchev–Trinajstić information content (AvgIpc) is 2.43. The third kappa shape index (κ3) is 3.42. The van der Waals surface area contributed by atoms with Gasteiger partial charge in [-0.05, 0) is 30.2 Å². The van der Waals surface area contributed by atoms with Crippen molar-refractivity contribution < 1.29 is 13.2 Å². The van der Waals surface area contributed by atoms with Crippen molar-refractivity contribution in [3.05, 3.63) is 63.4 Å². The number of aromatic nitrogens is 1. The SMILES string of the molecule is Cc1ccc(C(NN)c2cnccc2C(F)(F)F)cc1Br. The van der Waals surface area contributed by atoms with E-state index in [1.54, 1.807) is 12.1 Å². The van der Waals surface area contributed by atoms with Crippen LogP contribution in [0.15, 0.2) is 41.1 Å². The standard InChI is InChI=1S/C14H13BrF3N3/c1-8-2-3-9(6-12(8)15)13(21-19)10-7-20-5-4-11(10)14(16,17)18/h2-7,13,21H,19H2,1H3. The molecule has 0 saturated carbocycles. The van der Waals surface area contributed by atoms with Crippen LogP contribution in [0.5, 0.6) is 0 Å². The van der Waals surface area contributed by atoms with Crippen molar-refractivity contribution in [3.8, 4) is 0 Å². The van der Waals surface area contributed by atoms with E-state index in [4.69, 9.17) is 5.84 Å². The molecule has 0 saturated heterocycles. The Morgan fingerprint density at radius 3 is 2.57 bits per heavy atom. The number of halogens is 4. The molecule has 0 aliphatic heterocycles. The van der Waals surface area contributed by atoms with Gasteiger partial charge in [-0.25, -0.2) is 5.43 Å². The van der Waals surface area contributed by atoms with Crippen LogP contribution in [0, 0.1) is 6.92 Å². The lowest BCUT2D eigenvalue weighted by molar-refractivity contribution is -0.138. The molecule has 1 aromatic heterocycles. The molecular weight excluding hydrogens is 347 g/mol. The monoisotopic (exact) mass is 359 g/mol. The van der Waals surface area contributed by atoms with Gasteiger partial charge in [0, 0.05) is 22.4 Å². The van der Waals surface area contributed by atoms with Gasteiger partial charge in [0.25, 0.3) is 0 Å². The maximum atomic E-state index is 13.1. The van der Waals surface area contributed by atoms with Gasteiger partial charge in [-0.2, -0.15) is 13.2 Å². The van der Waals surface area contributed by atoms with E-state index in [1.807, 2.05) is 13.0 Å². The number of nitrogens with two attached hydrogens (primary N) is 1. The van der Waals surface area contributed by atoms with E-state index in [0.29, 0.717) is 5.56 Å². The summed E-state index contributed by atoms with van der Waals surface area (Å²) in [5.41, 5.74) is 3.27. The molecule has 7 heteroatoms.